The third kappa shape index (κ3) is 4.55. The van der Waals surface area contributed by atoms with Crippen LogP contribution in [-0.2, 0) is 0 Å². The quantitative estimate of drug-likeness (QED) is 0.104. The maximum Gasteiger partial charge on any atom is 0.196 e. The Morgan fingerprint density at radius 3 is 1.54 bits per heavy atom. The largest absolute Gasteiger partial charge is 0.309 e. The van der Waals surface area contributed by atoms with Crippen molar-refractivity contribution in [3.8, 4) is 22.9 Å². The van der Waals surface area contributed by atoms with Crippen molar-refractivity contribution in [2.45, 2.75) is 0 Å². The van der Waals surface area contributed by atoms with E-state index >= 15 is 0 Å². The van der Waals surface area contributed by atoms with Gasteiger partial charge in [-0.15, -0.1) is 0 Å². The first kappa shape index (κ1) is 29.0. The molecule has 8 rings (SSSR count). The van der Waals surface area contributed by atoms with Crippen LogP contribution >= 0.6 is 0 Å². The number of benzene rings is 7. The van der Waals surface area contributed by atoms with Crippen LogP contribution in [0.4, 0.5) is 5.69 Å². The second kappa shape index (κ2) is 12.0. The minimum absolute atomic E-state index is 0.475. The number of hydrogen-bond acceptors (Lipinski definition) is 1. The van der Waals surface area contributed by atoms with Crippen LogP contribution in [0.1, 0.15) is 5.56 Å². The van der Waals surface area contributed by atoms with E-state index in [2.05, 4.69) is 167 Å². The highest BCUT2D eigenvalue weighted by Gasteiger charge is 2.43. The summed E-state index contributed by atoms with van der Waals surface area (Å²) < 4.78 is 2.31. The fourth-order valence-corrected chi connectivity index (χ4v) is 12.4. The van der Waals surface area contributed by atoms with Gasteiger partial charge in [-0.3, -0.25) is 0 Å². The van der Waals surface area contributed by atoms with Gasteiger partial charge in [0.1, 0.15) is 0 Å². The number of nitrogens with zero attached hydrogens (tertiary/aromatic N) is 3. The molecule has 0 amide bonds. The molecule has 0 bridgehead atoms. The molecule has 0 unspecified atom stereocenters. The van der Waals surface area contributed by atoms with Gasteiger partial charge < -0.3 is 4.57 Å². The first-order valence-corrected chi connectivity index (χ1v) is 18.0. The predicted octanol–water partition coefficient (Wildman–Crippen LogP) is 8.25. The van der Waals surface area contributed by atoms with Gasteiger partial charge in [-0.2, -0.15) is 5.26 Å². The molecule has 0 spiro atoms. The van der Waals surface area contributed by atoms with Crippen LogP contribution < -0.4 is 20.7 Å². The Bertz CT molecular complexity index is 2370. The number of hydrogen-bond donors (Lipinski definition) is 0. The van der Waals surface area contributed by atoms with Crippen molar-refractivity contribution in [2.75, 3.05) is 0 Å². The van der Waals surface area contributed by atoms with Crippen LogP contribution in [-0.4, -0.2) is 12.6 Å². The van der Waals surface area contributed by atoms with E-state index < -0.39 is 8.07 Å². The number of rotatable bonds is 6. The van der Waals surface area contributed by atoms with Gasteiger partial charge in [-0.05, 0) is 68.3 Å². The van der Waals surface area contributed by atoms with E-state index in [4.69, 9.17) is 6.57 Å². The maximum atomic E-state index is 10.4. The minimum Gasteiger partial charge on any atom is -0.309 e. The first-order chi connectivity index (χ1) is 23.7. The van der Waals surface area contributed by atoms with Crippen LogP contribution in [0.3, 0.4) is 0 Å². The number of para-hydroxylation sites is 2. The topological polar surface area (TPSA) is 33.1 Å². The molecule has 3 nitrogen and oxygen atoms in total. The zero-order chi connectivity index (χ0) is 32.5. The number of fused-ring (bicyclic) bond motifs is 3. The van der Waals surface area contributed by atoms with Crippen LogP contribution in [0.15, 0.2) is 176 Å². The van der Waals surface area contributed by atoms with Gasteiger partial charge >= 0.3 is 0 Å². The van der Waals surface area contributed by atoms with Gasteiger partial charge in [0.15, 0.2) is 13.8 Å². The highest BCUT2D eigenvalue weighted by molar-refractivity contribution is 7.20. The average Bonchev–Trinajstić information content (AvgIpc) is 3.50. The molecular formula is C44H29N3Si. The van der Waals surface area contributed by atoms with E-state index in [0.29, 0.717) is 11.3 Å². The molecule has 7 aromatic carbocycles. The van der Waals surface area contributed by atoms with Crippen molar-refractivity contribution in [3.63, 3.8) is 0 Å². The van der Waals surface area contributed by atoms with E-state index in [1.807, 2.05) is 18.2 Å². The molecule has 224 valence electrons. The highest BCUT2D eigenvalue weighted by Crippen LogP contribution is 2.36. The maximum absolute atomic E-state index is 10.4. The van der Waals surface area contributed by atoms with Crippen LogP contribution in [0.25, 0.3) is 43.5 Å². The smallest absolute Gasteiger partial charge is 0.196 e. The summed E-state index contributed by atoms with van der Waals surface area (Å²) in [5, 5.41) is 17.3. The van der Waals surface area contributed by atoms with E-state index in [-0.39, 0.29) is 0 Å². The second-order valence-electron chi connectivity index (χ2n) is 11.9. The van der Waals surface area contributed by atoms with Crippen molar-refractivity contribution < 1.29 is 0 Å². The number of nitriles is 1. The Balaban J connectivity index is 1.50. The molecule has 48 heavy (non-hydrogen) atoms. The van der Waals surface area contributed by atoms with E-state index in [1.165, 1.54) is 26.3 Å². The molecule has 0 aliphatic carbocycles. The lowest BCUT2D eigenvalue weighted by Gasteiger charge is -2.36. The van der Waals surface area contributed by atoms with Crippen LogP contribution in [0.5, 0.6) is 0 Å². The minimum atomic E-state index is -3.09. The van der Waals surface area contributed by atoms with Crippen molar-refractivity contribution in [1.29, 1.82) is 5.26 Å². The van der Waals surface area contributed by atoms with Gasteiger partial charge in [-0.1, -0.05) is 140 Å². The summed E-state index contributed by atoms with van der Waals surface area (Å²) in [7, 11) is -3.09. The third-order valence-corrected chi connectivity index (χ3v) is 14.2. The van der Waals surface area contributed by atoms with Gasteiger partial charge in [-0.25, -0.2) is 4.85 Å². The van der Waals surface area contributed by atoms with Gasteiger partial charge in [0.05, 0.1) is 23.7 Å². The second-order valence-corrected chi connectivity index (χ2v) is 15.7. The molecule has 0 aliphatic rings. The molecule has 0 saturated carbocycles. The molecule has 0 radical (unpaired) electrons. The zero-order valence-electron chi connectivity index (χ0n) is 26.1. The normalized spacial score (nSPS) is 11.3. The molecule has 4 heteroatoms. The summed E-state index contributed by atoms with van der Waals surface area (Å²) in [5.41, 5.74) is 6.05. The average molecular weight is 628 g/mol. The molecule has 0 saturated heterocycles. The Kier molecular flexibility index (Phi) is 7.27. The summed E-state index contributed by atoms with van der Waals surface area (Å²) in [6, 6.07) is 63.7. The summed E-state index contributed by atoms with van der Waals surface area (Å²) in [6.07, 6.45) is 0. The van der Waals surface area contributed by atoms with Crippen molar-refractivity contribution >= 4 is 56.3 Å². The molecule has 0 fully saturated rings. The molecule has 1 aromatic heterocycles. The van der Waals surface area contributed by atoms with Crippen LogP contribution in [0.2, 0.25) is 0 Å². The van der Waals surface area contributed by atoms with E-state index in [1.54, 1.807) is 6.07 Å². The van der Waals surface area contributed by atoms with Gasteiger partial charge in [0.25, 0.3) is 0 Å². The molecule has 1 heterocycles. The van der Waals surface area contributed by atoms with Gasteiger partial charge in [0, 0.05) is 22.0 Å². The standard InChI is InChI=1S/C44H29N3Si/c1-46-40-28-32(31-45)29-43(48(35-18-5-2-6-19-35,36-20-7-3-8-21-36)37-22-9-4-10-23-37)44(40)33-16-15-17-34(30-33)47-41-26-13-11-24-38(41)39-25-12-14-27-42(39)47/h2-30H. The van der Waals surface area contributed by atoms with Crippen molar-refractivity contribution in [2.24, 2.45) is 0 Å². The summed E-state index contributed by atoms with van der Waals surface area (Å²) in [4.78, 5) is 4.12. The predicted molar refractivity (Wildman–Crippen MR) is 201 cm³/mol. The zero-order valence-corrected chi connectivity index (χ0v) is 27.1. The Hall–Kier alpha value is -6.46. The molecule has 8 aromatic rings. The van der Waals surface area contributed by atoms with Crippen LogP contribution in [0, 0.1) is 17.9 Å². The molecule has 0 N–H and O–H groups in total. The molecule has 0 aliphatic heterocycles. The molecular weight excluding hydrogens is 599 g/mol. The van der Waals surface area contributed by atoms with Gasteiger partial charge in [0.2, 0.25) is 0 Å². The number of aromatic nitrogens is 1. The monoisotopic (exact) mass is 627 g/mol. The summed E-state index contributed by atoms with van der Waals surface area (Å²) >= 11 is 0. The lowest BCUT2D eigenvalue weighted by Crippen LogP contribution is -2.75. The Morgan fingerprint density at radius 2 is 1.04 bits per heavy atom. The fourth-order valence-electron chi connectivity index (χ4n) is 7.41. The van der Waals surface area contributed by atoms with Crippen molar-refractivity contribution in [3.05, 3.63) is 193 Å². The third-order valence-electron chi connectivity index (χ3n) is 9.36. The lowest BCUT2D eigenvalue weighted by molar-refractivity contribution is 1.18. The first-order valence-electron chi connectivity index (χ1n) is 16.0. The lowest BCUT2D eigenvalue weighted by atomic mass is 10.0. The van der Waals surface area contributed by atoms with Crippen molar-refractivity contribution in [1.82, 2.24) is 4.57 Å². The fraction of sp³-hybridized carbons (Fsp3) is 0. The SMILES string of the molecule is [C-]#[N+]c1cc(C#N)cc([Si](c2ccccc2)(c2ccccc2)c2ccccc2)c1-c1cccc(-n2c3ccccc3c3ccccc32)c1. The Morgan fingerprint density at radius 1 is 0.542 bits per heavy atom. The Labute approximate surface area is 281 Å². The van der Waals surface area contributed by atoms with E-state index in [0.717, 1.165) is 33.0 Å². The summed E-state index contributed by atoms with van der Waals surface area (Å²) in [5.74, 6) is 0. The summed E-state index contributed by atoms with van der Waals surface area (Å²) in [6.45, 7) is 8.46. The highest BCUT2D eigenvalue weighted by atomic mass is 28.3. The molecule has 0 atom stereocenters. The van der Waals surface area contributed by atoms with E-state index in [9.17, 15) is 5.26 Å².